The molecule has 76 valence electrons. The van der Waals surface area contributed by atoms with Crippen LogP contribution in [0.3, 0.4) is 0 Å². The molecule has 0 spiro atoms. The molecule has 0 bridgehead atoms. The van der Waals surface area contributed by atoms with E-state index in [-0.39, 0.29) is 0 Å². The van der Waals surface area contributed by atoms with Crippen LogP contribution in [-0.4, -0.2) is 10.1 Å². The van der Waals surface area contributed by atoms with Crippen LogP contribution in [0.15, 0.2) is 28.8 Å². The Morgan fingerprint density at radius 2 is 2.07 bits per heavy atom. The zero-order valence-corrected chi connectivity index (χ0v) is 8.18. The van der Waals surface area contributed by atoms with Gasteiger partial charge in [0.05, 0.1) is 5.56 Å². The van der Waals surface area contributed by atoms with E-state index in [1.807, 2.05) is 24.3 Å². The van der Waals surface area contributed by atoms with E-state index < -0.39 is 0 Å². The van der Waals surface area contributed by atoms with Gasteiger partial charge in [-0.3, -0.25) is 0 Å². The number of hydrogen-bond acceptors (Lipinski definition) is 4. The maximum absolute atomic E-state index is 5.83. The lowest BCUT2D eigenvalue weighted by atomic mass is 10.2. The zero-order chi connectivity index (χ0) is 10.3. The van der Waals surface area contributed by atoms with E-state index in [2.05, 4.69) is 10.1 Å². The summed E-state index contributed by atoms with van der Waals surface area (Å²) in [6, 6.07) is 7.51. The highest BCUT2D eigenvalue weighted by Crippen LogP contribution is 2.39. The number of nitrogens with zero attached hydrogens (tertiary/aromatic N) is 2. The van der Waals surface area contributed by atoms with Crippen LogP contribution in [0.2, 0.25) is 0 Å². The molecule has 3 rings (SSSR count). The van der Waals surface area contributed by atoms with Crippen LogP contribution in [0.25, 0.3) is 11.5 Å². The van der Waals surface area contributed by atoms with Crippen molar-refractivity contribution in [2.45, 2.75) is 18.8 Å². The second-order valence-electron chi connectivity index (χ2n) is 3.82. The molecule has 1 heterocycles. The van der Waals surface area contributed by atoms with Gasteiger partial charge in [0.25, 0.3) is 5.89 Å². The van der Waals surface area contributed by atoms with Crippen molar-refractivity contribution in [1.29, 1.82) is 0 Å². The number of benzene rings is 1. The third-order valence-corrected chi connectivity index (χ3v) is 2.58. The van der Waals surface area contributed by atoms with Crippen molar-refractivity contribution in [3.63, 3.8) is 0 Å². The molecule has 4 heteroatoms. The van der Waals surface area contributed by atoms with E-state index in [0.717, 1.165) is 11.4 Å². The largest absolute Gasteiger partial charge is 0.398 e. The minimum atomic E-state index is 0.507. The second-order valence-corrected chi connectivity index (χ2v) is 3.82. The van der Waals surface area contributed by atoms with Gasteiger partial charge in [-0.2, -0.15) is 4.98 Å². The molecule has 0 aliphatic heterocycles. The van der Waals surface area contributed by atoms with Crippen LogP contribution in [0.5, 0.6) is 0 Å². The van der Waals surface area contributed by atoms with Gasteiger partial charge in [0, 0.05) is 11.6 Å². The Morgan fingerprint density at radius 3 is 2.80 bits per heavy atom. The smallest absolute Gasteiger partial charge is 0.260 e. The van der Waals surface area contributed by atoms with Gasteiger partial charge in [0.15, 0.2) is 5.82 Å². The van der Waals surface area contributed by atoms with Crippen molar-refractivity contribution in [3.05, 3.63) is 30.1 Å². The van der Waals surface area contributed by atoms with E-state index in [4.69, 9.17) is 10.3 Å². The summed E-state index contributed by atoms with van der Waals surface area (Å²) in [5.74, 6) is 1.84. The molecule has 4 nitrogen and oxygen atoms in total. The Balaban J connectivity index is 2.01. The SMILES string of the molecule is Nc1ccccc1-c1nc(C2CC2)no1. The summed E-state index contributed by atoms with van der Waals surface area (Å²) in [5.41, 5.74) is 7.31. The van der Waals surface area contributed by atoms with E-state index in [1.165, 1.54) is 12.8 Å². The lowest BCUT2D eigenvalue weighted by Gasteiger charge is -1.97. The molecule has 1 saturated carbocycles. The molecule has 0 atom stereocenters. The molecule has 2 N–H and O–H groups in total. The fraction of sp³-hybridized carbons (Fsp3) is 0.273. The first-order valence-corrected chi connectivity index (χ1v) is 5.03. The highest BCUT2D eigenvalue weighted by Gasteiger charge is 2.29. The van der Waals surface area contributed by atoms with Gasteiger partial charge in [0.1, 0.15) is 0 Å². The summed E-state index contributed by atoms with van der Waals surface area (Å²) in [6.07, 6.45) is 2.34. The predicted molar refractivity (Wildman–Crippen MR) is 56.1 cm³/mol. The minimum absolute atomic E-state index is 0.507. The van der Waals surface area contributed by atoms with E-state index >= 15 is 0 Å². The maximum atomic E-state index is 5.83. The topological polar surface area (TPSA) is 64.9 Å². The van der Waals surface area contributed by atoms with Crippen molar-refractivity contribution < 1.29 is 4.52 Å². The summed E-state index contributed by atoms with van der Waals surface area (Å²) in [7, 11) is 0. The Kier molecular flexibility index (Phi) is 1.74. The highest BCUT2D eigenvalue weighted by atomic mass is 16.5. The Labute approximate surface area is 87.1 Å². The third kappa shape index (κ3) is 1.48. The summed E-state index contributed by atoms with van der Waals surface area (Å²) in [4.78, 5) is 4.35. The standard InChI is InChI=1S/C11H11N3O/c12-9-4-2-1-3-8(9)11-13-10(14-15-11)7-5-6-7/h1-4,7H,5-6,12H2. The fourth-order valence-electron chi connectivity index (χ4n) is 1.54. The van der Waals surface area contributed by atoms with Crippen LogP contribution in [0.4, 0.5) is 5.69 Å². The number of nitrogens with two attached hydrogens (primary N) is 1. The van der Waals surface area contributed by atoms with Gasteiger partial charge in [-0.05, 0) is 25.0 Å². The van der Waals surface area contributed by atoms with Crippen molar-refractivity contribution in [3.8, 4) is 11.5 Å². The van der Waals surface area contributed by atoms with Gasteiger partial charge in [-0.25, -0.2) is 0 Å². The van der Waals surface area contributed by atoms with Gasteiger partial charge in [0.2, 0.25) is 0 Å². The highest BCUT2D eigenvalue weighted by molar-refractivity contribution is 5.69. The zero-order valence-electron chi connectivity index (χ0n) is 8.18. The van der Waals surface area contributed by atoms with Crippen molar-refractivity contribution in [2.24, 2.45) is 0 Å². The molecular weight excluding hydrogens is 190 g/mol. The molecule has 1 aromatic heterocycles. The molecule has 1 aromatic carbocycles. The Bertz CT molecular complexity index is 488. The molecule has 0 amide bonds. The number of aromatic nitrogens is 2. The molecule has 0 saturated heterocycles. The van der Waals surface area contributed by atoms with E-state index in [1.54, 1.807) is 0 Å². The minimum Gasteiger partial charge on any atom is -0.398 e. The first-order valence-electron chi connectivity index (χ1n) is 5.03. The van der Waals surface area contributed by atoms with Crippen molar-refractivity contribution in [1.82, 2.24) is 10.1 Å². The second kappa shape index (κ2) is 3.08. The molecule has 1 fully saturated rings. The average Bonchev–Trinajstić information content (AvgIpc) is 2.99. The van der Waals surface area contributed by atoms with Gasteiger partial charge in [-0.1, -0.05) is 17.3 Å². The number of para-hydroxylation sites is 1. The number of nitrogen functional groups attached to an aromatic ring is 1. The average molecular weight is 201 g/mol. The van der Waals surface area contributed by atoms with E-state index in [0.29, 0.717) is 17.5 Å². The quantitative estimate of drug-likeness (QED) is 0.756. The van der Waals surface area contributed by atoms with Crippen LogP contribution in [0.1, 0.15) is 24.6 Å². The summed E-state index contributed by atoms with van der Waals surface area (Å²) in [5, 5.41) is 3.95. The van der Waals surface area contributed by atoms with Crippen molar-refractivity contribution in [2.75, 3.05) is 5.73 Å². The Hall–Kier alpha value is -1.84. The first-order chi connectivity index (χ1) is 7.34. The maximum Gasteiger partial charge on any atom is 0.260 e. The van der Waals surface area contributed by atoms with Crippen LogP contribution < -0.4 is 5.73 Å². The first kappa shape index (κ1) is 8.47. The summed E-state index contributed by atoms with van der Waals surface area (Å²) < 4.78 is 5.19. The normalized spacial score (nSPS) is 15.5. The Morgan fingerprint density at radius 1 is 1.27 bits per heavy atom. The van der Waals surface area contributed by atoms with Crippen molar-refractivity contribution >= 4 is 5.69 Å². The number of rotatable bonds is 2. The number of anilines is 1. The number of hydrogen-bond donors (Lipinski definition) is 1. The molecule has 0 unspecified atom stereocenters. The van der Waals surface area contributed by atoms with Crippen LogP contribution in [-0.2, 0) is 0 Å². The molecule has 2 aromatic rings. The molecule has 0 radical (unpaired) electrons. The van der Waals surface area contributed by atoms with Gasteiger partial charge < -0.3 is 10.3 Å². The molecular formula is C11H11N3O. The summed E-state index contributed by atoms with van der Waals surface area (Å²) in [6.45, 7) is 0. The van der Waals surface area contributed by atoms with Gasteiger partial charge >= 0.3 is 0 Å². The third-order valence-electron chi connectivity index (χ3n) is 2.58. The lowest BCUT2D eigenvalue weighted by molar-refractivity contribution is 0.423. The van der Waals surface area contributed by atoms with E-state index in [9.17, 15) is 0 Å². The molecule has 15 heavy (non-hydrogen) atoms. The monoisotopic (exact) mass is 201 g/mol. The van der Waals surface area contributed by atoms with Gasteiger partial charge in [-0.15, -0.1) is 0 Å². The molecule has 1 aliphatic carbocycles. The molecule has 1 aliphatic rings. The predicted octanol–water partition coefficient (Wildman–Crippen LogP) is 2.20. The summed E-state index contributed by atoms with van der Waals surface area (Å²) >= 11 is 0. The lowest BCUT2D eigenvalue weighted by Crippen LogP contribution is -1.89. The fourth-order valence-corrected chi connectivity index (χ4v) is 1.54. The van der Waals surface area contributed by atoms with Crippen LogP contribution in [0, 0.1) is 0 Å². The van der Waals surface area contributed by atoms with Crippen LogP contribution >= 0.6 is 0 Å².